The van der Waals surface area contributed by atoms with E-state index in [0.717, 1.165) is 31.7 Å². The van der Waals surface area contributed by atoms with Crippen molar-refractivity contribution < 1.29 is 14.2 Å². The molecule has 2 rings (SSSR count). The maximum absolute atomic E-state index is 5.58. The highest BCUT2D eigenvalue weighted by atomic mass is 16.5. The van der Waals surface area contributed by atoms with Gasteiger partial charge in [0.2, 0.25) is 0 Å². The van der Waals surface area contributed by atoms with Gasteiger partial charge < -0.3 is 24.8 Å². The van der Waals surface area contributed by atoms with Crippen molar-refractivity contribution in [2.45, 2.75) is 18.9 Å². The minimum Gasteiger partial charge on any atom is -0.493 e. The van der Waals surface area contributed by atoms with E-state index in [4.69, 9.17) is 14.2 Å². The Morgan fingerprint density at radius 3 is 2.76 bits per heavy atom. The molecular weight excluding hydrogens is 270 g/mol. The normalized spacial score (nSPS) is 18.4. The number of methoxy groups -OCH3 is 2. The maximum Gasteiger partial charge on any atom is 0.195 e. The van der Waals surface area contributed by atoms with Crippen LogP contribution in [0.3, 0.4) is 0 Å². The number of hydrogen-bond donors (Lipinski definition) is 2. The topological polar surface area (TPSA) is 64.1 Å². The summed E-state index contributed by atoms with van der Waals surface area (Å²) in [7, 11) is 4.98. The predicted molar refractivity (Wildman–Crippen MR) is 83.5 cm³/mol. The van der Waals surface area contributed by atoms with Crippen LogP contribution in [0.2, 0.25) is 0 Å². The molecule has 1 aliphatic rings. The van der Waals surface area contributed by atoms with Gasteiger partial charge >= 0.3 is 0 Å². The number of aliphatic imine (C=N–C) groups is 1. The van der Waals surface area contributed by atoms with Crippen LogP contribution < -0.4 is 20.1 Å². The largest absolute Gasteiger partial charge is 0.493 e. The van der Waals surface area contributed by atoms with E-state index in [2.05, 4.69) is 15.6 Å². The fraction of sp³-hybridized carbons (Fsp3) is 0.533. The average molecular weight is 293 g/mol. The molecule has 6 nitrogen and oxygen atoms in total. The molecule has 1 aromatic carbocycles. The Morgan fingerprint density at radius 2 is 2.14 bits per heavy atom. The molecule has 2 N–H and O–H groups in total. The van der Waals surface area contributed by atoms with Crippen LogP contribution in [0.1, 0.15) is 12.8 Å². The van der Waals surface area contributed by atoms with E-state index < -0.39 is 0 Å². The number of benzene rings is 1. The van der Waals surface area contributed by atoms with Crippen LogP contribution >= 0.6 is 0 Å². The van der Waals surface area contributed by atoms with Crippen molar-refractivity contribution in [1.29, 1.82) is 0 Å². The van der Waals surface area contributed by atoms with E-state index in [1.54, 1.807) is 21.3 Å². The first-order valence-electron chi connectivity index (χ1n) is 7.08. The fourth-order valence-corrected chi connectivity index (χ4v) is 2.25. The van der Waals surface area contributed by atoms with Gasteiger partial charge in [0.15, 0.2) is 17.5 Å². The molecular formula is C15H23N3O3. The molecule has 6 heteroatoms. The van der Waals surface area contributed by atoms with E-state index in [1.165, 1.54) is 0 Å². The second-order valence-corrected chi connectivity index (χ2v) is 4.78. The number of rotatable bonds is 5. The van der Waals surface area contributed by atoms with Gasteiger partial charge in [0.1, 0.15) is 0 Å². The van der Waals surface area contributed by atoms with Gasteiger partial charge in [0.05, 0.1) is 20.3 Å². The minimum atomic E-state index is 0.272. The molecule has 0 saturated carbocycles. The van der Waals surface area contributed by atoms with Crippen molar-refractivity contribution in [2.24, 2.45) is 4.99 Å². The molecule has 1 aromatic rings. The number of hydrogen-bond acceptors (Lipinski definition) is 4. The van der Waals surface area contributed by atoms with Crippen molar-refractivity contribution in [3.8, 4) is 11.5 Å². The van der Waals surface area contributed by atoms with Crippen LogP contribution in [-0.4, -0.2) is 46.5 Å². The quantitative estimate of drug-likeness (QED) is 0.641. The summed E-state index contributed by atoms with van der Waals surface area (Å²) in [6.45, 7) is 1.61. The lowest BCUT2D eigenvalue weighted by Gasteiger charge is -2.16. The highest BCUT2D eigenvalue weighted by Gasteiger charge is 2.15. The second kappa shape index (κ2) is 7.73. The number of ether oxygens (including phenoxy) is 3. The zero-order valence-electron chi connectivity index (χ0n) is 12.8. The molecule has 1 atom stereocenters. The molecule has 0 aliphatic carbocycles. The first-order valence-corrected chi connectivity index (χ1v) is 7.08. The van der Waals surface area contributed by atoms with Crippen LogP contribution in [0.4, 0.5) is 5.69 Å². The van der Waals surface area contributed by atoms with Crippen molar-refractivity contribution in [3.63, 3.8) is 0 Å². The van der Waals surface area contributed by atoms with E-state index in [1.807, 2.05) is 18.2 Å². The Labute approximate surface area is 125 Å². The molecule has 1 saturated heterocycles. The zero-order valence-corrected chi connectivity index (χ0v) is 12.8. The highest BCUT2D eigenvalue weighted by Crippen LogP contribution is 2.29. The van der Waals surface area contributed by atoms with Crippen LogP contribution in [-0.2, 0) is 4.74 Å². The Kier molecular flexibility index (Phi) is 5.68. The van der Waals surface area contributed by atoms with Crippen molar-refractivity contribution >= 4 is 11.6 Å². The zero-order chi connectivity index (χ0) is 15.1. The van der Waals surface area contributed by atoms with Crippen molar-refractivity contribution in [2.75, 3.05) is 39.7 Å². The third-order valence-corrected chi connectivity index (χ3v) is 3.39. The lowest BCUT2D eigenvalue weighted by molar-refractivity contribution is 0.114. The monoisotopic (exact) mass is 293 g/mol. The highest BCUT2D eigenvalue weighted by molar-refractivity contribution is 5.93. The average Bonchev–Trinajstić information content (AvgIpc) is 3.04. The van der Waals surface area contributed by atoms with E-state index in [0.29, 0.717) is 17.5 Å². The van der Waals surface area contributed by atoms with Crippen molar-refractivity contribution in [1.82, 2.24) is 5.32 Å². The van der Waals surface area contributed by atoms with Gasteiger partial charge in [-0.05, 0) is 25.0 Å². The van der Waals surface area contributed by atoms with Crippen LogP contribution in [0.5, 0.6) is 11.5 Å². The molecule has 116 valence electrons. The first-order chi connectivity index (χ1) is 10.3. The minimum absolute atomic E-state index is 0.272. The van der Waals surface area contributed by atoms with Gasteiger partial charge in [0, 0.05) is 32.0 Å². The van der Waals surface area contributed by atoms with Gasteiger partial charge in [-0.25, -0.2) is 0 Å². The third kappa shape index (κ3) is 4.26. The van der Waals surface area contributed by atoms with Gasteiger partial charge in [-0.1, -0.05) is 0 Å². The van der Waals surface area contributed by atoms with E-state index in [-0.39, 0.29) is 6.10 Å². The van der Waals surface area contributed by atoms with Crippen molar-refractivity contribution in [3.05, 3.63) is 18.2 Å². The Bertz CT molecular complexity index is 485. The summed E-state index contributed by atoms with van der Waals surface area (Å²) >= 11 is 0. The van der Waals surface area contributed by atoms with Crippen LogP contribution in [0.15, 0.2) is 23.2 Å². The SMILES string of the molecule is CN=C(NCC1CCCO1)Nc1ccc(OC)c(OC)c1. The molecule has 0 aromatic heterocycles. The van der Waals surface area contributed by atoms with Crippen LogP contribution in [0, 0.1) is 0 Å². The number of guanidine groups is 1. The Balaban J connectivity index is 1.94. The number of nitrogens with zero attached hydrogens (tertiary/aromatic N) is 1. The molecule has 1 aliphatic heterocycles. The molecule has 1 fully saturated rings. The lowest BCUT2D eigenvalue weighted by atomic mass is 10.2. The summed E-state index contributed by atoms with van der Waals surface area (Å²) in [5.74, 6) is 2.08. The summed E-state index contributed by atoms with van der Waals surface area (Å²) in [5.41, 5.74) is 0.882. The van der Waals surface area contributed by atoms with E-state index in [9.17, 15) is 0 Å². The molecule has 1 heterocycles. The third-order valence-electron chi connectivity index (χ3n) is 3.39. The Morgan fingerprint density at radius 1 is 1.33 bits per heavy atom. The second-order valence-electron chi connectivity index (χ2n) is 4.78. The van der Waals surface area contributed by atoms with Gasteiger partial charge in [-0.3, -0.25) is 4.99 Å². The van der Waals surface area contributed by atoms with Gasteiger partial charge in [-0.15, -0.1) is 0 Å². The summed E-state index contributed by atoms with van der Waals surface area (Å²) in [6, 6.07) is 5.65. The summed E-state index contributed by atoms with van der Waals surface area (Å²) in [4.78, 5) is 4.21. The smallest absolute Gasteiger partial charge is 0.195 e. The van der Waals surface area contributed by atoms with Gasteiger partial charge in [-0.2, -0.15) is 0 Å². The van der Waals surface area contributed by atoms with E-state index >= 15 is 0 Å². The Hall–Kier alpha value is -1.95. The van der Waals surface area contributed by atoms with Crippen LogP contribution in [0.25, 0.3) is 0 Å². The first kappa shape index (κ1) is 15.4. The summed E-state index contributed by atoms with van der Waals surface area (Å²) < 4.78 is 16.1. The predicted octanol–water partition coefficient (Wildman–Crippen LogP) is 1.87. The summed E-state index contributed by atoms with van der Waals surface area (Å²) in [5, 5.41) is 6.49. The standard InChI is InChI=1S/C15H23N3O3/c1-16-15(17-10-12-5-4-8-21-12)18-11-6-7-13(19-2)14(9-11)20-3/h6-7,9,12H,4-5,8,10H2,1-3H3,(H2,16,17,18). The molecule has 0 spiro atoms. The maximum atomic E-state index is 5.58. The van der Waals surface area contributed by atoms with Gasteiger partial charge in [0.25, 0.3) is 0 Å². The lowest BCUT2D eigenvalue weighted by Crippen LogP contribution is -2.36. The molecule has 1 unspecified atom stereocenters. The molecule has 0 amide bonds. The number of anilines is 1. The fourth-order valence-electron chi connectivity index (χ4n) is 2.25. The number of nitrogens with one attached hydrogen (secondary N) is 2. The molecule has 0 radical (unpaired) electrons. The molecule has 0 bridgehead atoms. The summed E-state index contributed by atoms with van der Waals surface area (Å²) in [6.07, 6.45) is 2.50. The molecule has 21 heavy (non-hydrogen) atoms.